The molecule has 0 saturated heterocycles. The van der Waals surface area contributed by atoms with Gasteiger partial charge in [-0.2, -0.15) is 0 Å². The second-order valence-corrected chi connectivity index (χ2v) is 2.85. The van der Waals surface area contributed by atoms with Crippen LogP contribution in [0.15, 0.2) is 0 Å². The SMILES string of the molecule is CCC(COCCOCCO)C(=O)O. The Balaban J connectivity index is 3.29. The molecule has 0 radical (unpaired) electrons. The second kappa shape index (κ2) is 8.93. The summed E-state index contributed by atoms with van der Waals surface area (Å²) in [6, 6.07) is 0. The lowest BCUT2D eigenvalue weighted by Gasteiger charge is -2.10. The van der Waals surface area contributed by atoms with Crippen LogP contribution in [-0.2, 0) is 14.3 Å². The van der Waals surface area contributed by atoms with Gasteiger partial charge in [0.25, 0.3) is 0 Å². The van der Waals surface area contributed by atoms with Crippen LogP contribution in [0.4, 0.5) is 0 Å². The van der Waals surface area contributed by atoms with E-state index in [1.165, 1.54) is 0 Å². The summed E-state index contributed by atoms with van der Waals surface area (Å²) in [6.45, 7) is 3.06. The van der Waals surface area contributed by atoms with Crippen LogP contribution in [-0.4, -0.2) is 49.2 Å². The zero-order valence-electron chi connectivity index (χ0n) is 8.44. The first kappa shape index (κ1) is 13.4. The Morgan fingerprint density at radius 3 is 2.43 bits per heavy atom. The maximum atomic E-state index is 10.6. The van der Waals surface area contributed by atoms with Gasteiger partial charge < -0.3 is 19.7 Å². The van der Waals surface area contributed by atoms with Gasteiger partial charge in [-0.25, -0.2) is 0 Å². The zero-order valence-corrected chi connectivity index (χ0v) is 8.44. The third kappa shape index (κ3) is 6.82. The number of hydrogen-bond acceptors (Lipinski definition) is 4. The number of aliphatic hydroxyl groups is 1. The first-order valence-electron chi connectivity index (χ1n) is 4.71. The molecule has 0 aromatic rings. The highest BCUT2D eigenvalue weighted by atomic mass is 16.5. The lowest BCUT2D eigenvalue weighted by Crippen LogP contribution is -2.20. The molecule has 5 heteroatoms. The first-order valence-corrected chi connectivity index (χ1v) is 4.71. The summed E-state index contributed by atoms with van der Waals surface area (Å²) < 4.78 is 10.0. The van der Waals surface area contributed by atoms with Gasteiger partial charge in [0.15, 0.2) is 0 Å². The van der Waals surface area contributed by atoms with E-state index in [9.17, 15) is 4.79 Å². The predicted octanol–water partition coefficient (Wildman–Crippen LogP) is 0.123. The maximum Gasteiger partial charge on any atom is 0.308 e. The molecule has 84 valence electrons. The molecule has 1 unspecified atom stereocenters. The van der Waals surface area contributed by atoms with E-state index in [-0.39, 0.29) is 13.2 Å². The fraction of sp³-hybridized carbons (Fsp3) is 0.889. The topological polar surface area (TPSA) is 76.0 Å². The Kier molecular flexibility index (Phi) is 8.51. The van der Waals surface area contributed by atoms with Crippen molar-refractivity contribution in [1.29, 1.82) is 0 Å². The molecular formula is C9H18O5. The number of aliphatic hydroxyl groups excluding tert-OH is 1. The molecule has 0 fully saturated rings. The van der Waals surface area contributed by atoms with Crippen LogP contribution in [0, 0.1) is 5.92 Å². The van der Waals surface area contributed by atoms with Gasteiger partial charge in [0.1, 0.15) is 0 Å². The van der Waals surface area contributed by atoms with E-state index in [0.717, 1.165) is 0 Å². The van der Waals surface area contributed by atoms with E-state index < -0.39 is 11.9 Å². The van der Waals surface area contributed by atoms with Crippen molar-refractivity contribution in [3.05, 3.63) is 0 Å². The van der Waals surface area contributed by atoms with E-state index in [1.807, 2.05) is 6.92 Å². The minimum Gasteiger partial charge on any atom is -0.481 e. The number of rotatable bonds is 9. The lowest BCUT2D eigenvalue weighted by molar-refractivity contribution is -0.144. The number of hydrogen-bond donors (Lipinski definition) is 2. The highest BCUT2D eigenvalue weighted by Gasteiger charge is 2.14. The highest BCUT2D eigenvalue weighted by molar-refractivity contribution is 5.69. The van der Waals surface area contributed by atoms with Gasteiger partial charge in [-0.05, 0) is 6.42 Å². The summed E-state index contributed by atoms with van der Waals surface area (Å²) >= 11 is 0. The molecule has 0 aliphatic carbocycles. The quantitative estimate of drug-likeness (QED) is 0.524. The van der Waals surface area contributed by atoms with Crippen LogP contribution in [0.2, 0.25) is 0 Å². The molecule has 5 nitrogen and oxygen atoms in total. The molecule has 0 aliphatic heterocycles. The predicted molar refractivity (Wildman–Crippen MR) is 50.1 cm³/mol. The van der Waals surface area contributed by atoms with Crippen molar-refractivity contribution in [2.75, 3.05) is 33.0 Å². The summed E-state index contributed by atoms with van der Waals surface area (Å²) in [5, 5.41) is 17.0. The first-order chi connectivity index (χ1) is 6.72. The molecular weight excluding hydrogens is 188 g/mol. The van der Waals surface area contributed by atoms with E-state index in [2.05, 4.69) is 0 Å². The number of carboxylic acids is 1. The number of carbonyl (C=O) groups is 1. The Labute approximate surface area is 83.6 Å². The average molecular weight is 206 g/mol. The summed E-state index contributed by atoms with van der Waals surface area (Å²) in [4.78, 5) is 10.6. The van der Waals surface area contributed by atoms with Gasteiger partial charge >= 0.3 is 5.97 Å². The third-order valence-electron chi connectivity index (χ3n) is 1.77. The van der Waals surface area contributed by atoms with Gasteiger partial charge in [-0.1, -0.05) is 6.92 Å². The van der Waals surface area contributed by atoms with Gasteiger partial charge in [0, 0.05) is 0 Å². The second-order valence-electron chi connectivity index (χ2n) is 2.85. The minimum atomic E-state index is -0.830. The molecule has 14 heavy (non-hydrogen) atoms. The smallest absolute Gasteiger partial charge is 0.308 e. The molecule has 0 heterocycles. The van der Waals surface area contributed by atoms with Crippen molar-refractivity contribution < 1.29 is 24.5 Å². The van der Waals surface area contributed by atoms with E-state index in [0.29, 0.717) is 26.2 Å². The number of aliphatic carboxylic acids is 1. The number of ether oxygens (including phenoxy) is 2. The fourth-order valence-electron chi connectivity index (χ4n) is 0.874. The van der Waals surface area contributed by atoms with Crippen molar-refractivity contribution in [3.63, 3.8) is 0 Å². The van der Waals surface area contributed by atoms with E-state index in [1.54, 1.807) is 0 Å². The molecule has 0 spiro atoms. The zero-order chi connectivity index (χ0) is 10.8. The molecule has 1 atom stereocenters. The van der Waals surface area contributed by atoms with Crippen LogP contribution in [0.3, 0.4) is 0 Å². The Hall–Kier alpha value is -0.650. The van der Waals surface area contributed by atoms with Crippen LogP contribution in [0.5, 0.6) is 0 Å². The van der Waals surface area contributed by atoms with Crippen molar-refractivity contribution in [1.82, 2.24) is 0 Å². The van der Waals surface area contributed by atoms with Crippen molar-refractivity contribution in [2.24, 2.45) is 5.92 Å². The fourth-order valence-corrected chi connectivity index (χ4v) is 0.874. The van der Waals surface area contributed by atoms with Crippen molar-refractivity contribution in [3.8, 4) is 0 Å². The van der Waals surface area contributed by atoms with Crippen LogP contribution in [0.25, 0.3) is 0 Å². The lowest BCUT2D eigenvalue weighted by atomic mass is 10.1. The summed E-state index contributed by atoms with van der Waals surface area (Å²) in [7, 11) is 0. The molecule has 0 amide bonds. The summed E-state index contributed by atoms with van der Waals surface area (Å²) in [5.41, 5.74) is 0. The average Bonchev–Trinajstić information content (AvgIpc) is 2.16. The standard InChI is InChI=1S/C9H18O5/c1-2-8(9(11)12)7-14-6-5-13-4-3-10/h8,10H,2-7H2,1H3,(H,11,12). The monoisotopic (exact) mass is 206 g/mol. The Bertz CT molecular complexity index is 148. The molecule has 0 aromatic carbocycles. The Morgan fingerprint density at radius 2 is 1.93 bits per heavy atom. The van der Waals surface area contributed by atoms with Gasteiger partial charge in [-0.15, -0.1) is 0 Å². The largest absolute Gasteiger partial charge is 0.481 e. The normalized spacial score (nSPS) is 12.7. The van der Waals surface area contributed by atoms with Crippen molar-refractivity contribution >= 4 is 5.97 Å². The van der Waals surface area contributed by atoms with Gasteiger partial charge in [0.2, 0.25) is 0 Å². The van der Waals surface area contributed by atoms with Crippen LogP contribution >= 0.6 is 0 Å². The summed E-state index contributed by atoms with van der Waals surface area (Å²) in [5.74, 6) is -1.27. The van der Waals surface area contributed by atoms with Crippen molar-refractivity contribution in [2.45, 2.75) is 13.3 Å². The molecule has 0 aromatic heterocycles. The van der Waals surface area contributed by atoms with Crippen LogP contribution < -0.4 is 0 Å². The Morgan fingerprint density at radius 1 is 1.29 bits per heavy atom. The molecule has 0 rings (SSSR count). The van der Waals surface area contributed by atoms with Gasteiger partial charge in [0.05, 0.1) is 39.0 Å². The summed E-state index contributed by atoms with van der Waals surface area (Å²) in [6.07, 6.45) is 0.562. The molecule has 0 bridgehead atoms. The van der Waals surface area contributed by atoms with Gasteiger partial charge in [-0.3, -0.25) is 4.79 Å². The molecule has 2 N–H and O–H groups in total. The maximum absolute atomic E-state index is 10.6. The minimum absolute atomic E-state index is 0.00723. The number of carboxylic acid groups (broad SMARTS) is 1. The molecule has 0 saturated carbocycles. The van der Waals surface area contributed by atoms with E-state index >= 15 is 0 Å². The third-order valence-corrected chi connectivity index (χ3v) is 1.77. The molecule has 0 aliphatic rings. The van der Waals surface area contributed by atoms with Crippen LogP contribution in [0.1, 0.15) is 13.3 Å². The highest BCUT2D eigenvalue weighted by Crippen LogP contribution is 2.02. The van der Waals surface area contributed by atoms with E-state index in [4.69, 9.17) is 19.7 Å².